The highest BCUT2D eigenvalue weighted by Gasteiger charge is 2.38. The van der Waals surface area contributed by atoms with E-state index in [-0.39, 0.29) is 23.0 Å². The maximum atomic E-state index is 12.7. The van der Waals surface area contributed by atoms with Gasteiger partial charge in [-0.3, -0.25) is 4.79 Å². The van der Waals surface area contributed by atoms with Crippen LogP contribution in [0.5, 0.6) is 5.75 Å². The fraction of sp³-hybridized carbons (Fsp3) is 0.500. The Balaban J connectivity index is 1.70. The van der Waals surface area contributed by atoms with Crippen LogP contribution in [0.1, 0.15) is 51.0 Å². The van der Waals surface area contributed by atoms with Gasteiger partial charge in [0, 0.05) is 28.1 Å². The number of carbonyl (C=O) groups excluding carboxylic acids is 1. The Hall–Kier alpha value is -1.92. The van der Waals surface area contributed by atoms with Crippen molar-refractivity contribution in [3.8, 4) is 16.3 Å². The lowest BCUT2D eigenvalue weighted by Crippen LogP contribution is -2.62. The molecule has 3 rings (SSSR count). The van der Waals surface area contributed by atoms with Crippen LogP contribution in [0, 0.1) is 0 Å². The van der Waals surface area contributed by atoms with Gasteiger partial charge in [-0.15, -0.1) is 11.3 Å². The van der Waals surface area contributed by atoms with Crippen LogP contribution in [0.15, 0.2) is 29.6 Å². The average molecular weight is 374 g/mol. The normalized spacial score (nSPS) is 19.1. The van der Waals surface area contributed by atoms with E-state index in [9.17, 15) is 4.79 Å². The number of ether oxygens (including phenoxy) is 1. The summed E-state index contributed by atoms with van der Waals surface area (Å²) in [5, 5.41) is 9.47. The molecule has 140 valence electrons. The Kier molecular flexibility index (Phi) is 5.08. The molecule has 0 saturated carbocycles. The Labute approximate surface area is 159 Å². The molecule has 1 aromatic heterocycles. The summed E-state index contributed by atoms with van der Waals surface area (Å²) in [7, 11) is 1.64. The van der Waals surface area contributed by atoms with Crippen molar-refractivity contribution in [3.05, 3.63) is 35.3 Å². The molecule has 0 bridgehead atoms. The van der Waals surface area contributed by atoms with E-state index in [0.717, 1.165) is 29.2 Å². The number of hydrogen-bond donors (Lipinski definition) is 2. The van der Waals surface area contributed by atoms with Crippen molar-refractivity contribution in [2.24, 2.45) is 0 Å². The lowest BCUT2D eigenvalue weighted by Gasteiger charge is -2.46. The molecular formula is C20H27N3O2S. The number of piperidine rings is 1. The second kappa shape index (κ2) is 7.00. The first-order chi connectivity index (χ1) is 12.2. The van der Waals surface area contributed by atoms with E-state index in [4.69, 9.17) is 4.74 Å². The first kappa shape index (κ1) is 18.9. The van der Waals surface area contributed by atoms with Gasteiger partial charge >= 0.3 is 0 Å². The van der Waals surface area contributed by atoms with Crippen LogP contribution in [-0.4, -0.2) is 35.1 Å². The summed E-state index contributed by atoms with van der Waals surface area (Å²) in [6.45, 7) is 8.71. The Morgan fingerprint density at radius 1 is 1.19 bits per heavy atom. The fourth-order valence-electron chi connectivity index (χ4n) is 3.93. The van der Waals surface area contributed by atoms with Crippen LogP contribution in [0.4, 0.5) is 0 Å². The van der Waals surface area contributed by atoms with Crippen molar-refractivity contribution < 1.29 is 9.53 Å². The summed E-state index contributed by atoms with van der Waals surface area (Å²) >= 11 is 1.48. The summed E-state index contributed by atoms with van der Waals surface area (Å²) in [6, 6.07) is 7.85. The predicted octanol–water partition coefficient (Wildman–Crippen LogP) is 3.86. The number of thiazole rings is 1. The predicted molar refractivity (Wildman–Crippen MR) is 106 cm³/mol. The summed E-state index contributed by atoms with van der Waals surface area (Å²) in [4.78, 5) is 17.2. The highest BCUT2D eigenvalue weighted by atomic mass is 32.1. The summed E-state index contributed by atoms with van der Waals surface area (Å²) < 4.78 is 5.18. The number of aromatic nitrogens is 1. The molecule has 2 heterocycles. The van der Waals surface area contributed by atoms with Gasteiger partial charge in [0.1, 0.15) is 16.5 Å². The van der Waals surface area contributed by atoms with Crippen LogP contribution < -0.4 is 15.4 Å². The largest absolute Gasteiger partial charge is 0.497 e. The minimum absolute atomic E-state index is 0.00394. The molecule has 6 heteroatoms. The van der Waals surface area contributed by atoms with E-state index in [1.54, 1.807) is 7.11 Å². The smallest absolute Gasteiger partial charge is 0.270 e. The van der Waals surface area contributed by atoms with Crippen molar-refractivity contribution in [2.45, 2.75) is 57.7 Å². The Morgan fingerprint density at radius 3 is 2.38 bits per heavy atom. The molecular weight excluding hydrogens is 346 g/mol. The first-order valence-corrected chi connectivity index (χ1v) is 9.76. The third kappa shape index (κ3) is 4.43. The van der Waals surface area contributed by atoms with Gasteiger partial charge in [0.15, 0.2) is 0 Å². The number of amides is 1. The van der Waals surface area contributed by atoms with E-state index in [2.05, 4.69) is 43.3 Å². The third-order valence-corrected chi connectivity index (χ3v) is 5.49. The maximum absolute atomic E-state index is 12.7. The van der Waals surface area contributed by atoms with Crippen molar-refractivity contribution in [3.63, 3.8) is 0 Å². The maximum Gasteiger partial charge on any atom is 0.270 e. The van der Waals surface area contributed by atoms with E-state index in [1.165, 1.54) is 11.3 Å². The number of benzene rings is 1. The molecule has 0 unspecified atom stereocenters. The van der Waals surface area contributed by atoms with Gasteiger partial charge in [-0.25, -0.2) is 4.98 Å². The Bertz CT molecular complexity index is 765. The molecule has 1 fully saturated rings. The Morgan fingerprint density at radius 2 is 1.81 bits per heavy atom. The number of hydrogen-bond acceptors (Lipinski definition) is 5. The SMILES string of the molecule is COc1ccc(-c2nc(C(=O)NC3CC(C)(C)NC(C)(C)C3)cs2)cc1. The van der Waals surface area contributed by atoms with Gasteiger partial charge in [0.25, 0.3) is 5.91 Å². The zero-order chi connectivity index (χ0) is 18.9. The summed E-state index contributed by atoms with van der Waals surface area (Å²) in [6.07, 6.45) is 1.80. The van der Waals surface area contributed by atoms with Crippen LogP contribution in [0.3, 0.4) is 0 Å². The fourth-order valence-corrected chi connectivity index (χ4v) is 4.73. The molecule has 1 aromatic carbocycles. The number of methoxy groups -OCH3 is 1. The van der Waals surface area contributed by atoms with Gasteiger partial charge in [-0.05, 0) is 64.8 Å². The lowest BCUT2D eigenvalue weighted by molar-refractivity contribution is 0.0869. The topological polar surface area (TPSA) is 63.2 Å². The molecule has 0 radical (unpaired) electrons. The minimum atomic E-state index is -0.0977. The number of rotatable bonds is 4. The van der Waals surface area contributed by atoms with Gasteiger partial charge in [0.2, 0.25) is 0 Å². The molecule has 0 atom stereocenters. The van der Waals surface area contributed by atoms with Gasteiger partial charge in [0.05, 0.1) is 7.11 Å². The molecule has 2 aromatic rings. The average Bonchev–Trinajstić information content (AvgIpc) is 3.02. The lowest BCUT2D eigenvalue weighted by atomic mass is 9.79. The van der Waals surface area contributed by atoms with Crippen molar-refractivity contribution in [1.82, 2.24) is 15.6 Å². The molecule has 1 aliphatic rings. The van der Waals surface area contributed by atoms with Crippen molar-refractivity contribution in [2.75, 3.05) is 7.11 Å². The van der Waals surface area contributed by atoms with Crippen LogP contribution in [0.25, 0.3) is 10.6 Å². The van der Waals surface area contributed by atoms with E-state index in [0.29, 0.717) is 5.69 Å². The van der Waals surface area contributed by atoms with Gasteiger partial charge < -0.3 is 15.4 Å². The number of nitrogens with one attached hydrogen (secondary N) is 2. The first-order valence-electron chi connectivity index (χ1n) is 8.88. The van der Waals surface area contributed by atoms with Crippen molar-refractivity contribution in [1.29, 1.82) is 0 Å². The third-order valence-electron chi connectivity index (χ3n) is 4.60. The second-order valence-electron chi connectivity index (χ2n) is 8.24. The van der Waals surface area contributed by atoms with E-state index in [1.807, 2.05) is 29.6 Å². The molecule has 0 aliphatic carbocycles. The van der Waals surface area contributed by atoms with Crippen LogP contribution >= 0.6 is 11.3 Å². The quantitative estimate of drug-likeness (QED) is 0.854. The number of nitrogens with zero attached hydrogens (tertiary/aromatic N) is 1. The zero-order valence-electron chi connectivity index (χ0n) is 16.1. The van der Waals surface area contributed by atoms with Gasteiger partial charge in [-0.2, -0.15) is 0 Å². The molecule has 1 amide bonds. The molecule has 26 heavy (non-hydrogen) atoms. The van der Waals surface area contributed by atoms with E-state index >= 15 is 0 Å². The van der Waals surface area contributed by atoms with E-state index < -0.39 is 0 Å². The molecule has 5 nitrogen and oxygen atoms in total. The molecule has 1 saturated heterocycles. The van der Waals surface area contributed by atoms with Crippen LogP contribution in [-0.2, 0) is 0 Å². The van der Waals surface area contributed by atoms with Crippen LogP contribution in [0.2, 0.25) is 0 Å². The molecule has 2 N–H and O–H groups in total. The monoisotopic (exact) mass is 373 g/mol. The minimum Gasteiger partial charge on any atom is -0.497 e. The zero-order valence-corrected chi connectivity index (χ0v) is 16.9. The summed E-state index contributed by atoms with van der Waals surface area (Å²) in [5.74, 6) is 0.707. The highest BCUT2D eigenvalue weighted by molar-refractivity contribution is 7.13. The molecule has 0 spiro atoms. The summed E-state index contributed by atoms with van der Waals surface area (Å²) in [5.41, 5.74) is 1.46. The standard InChI is InChI=1S/C20H27N3O2S/c1-19(2)10-14(11-20(3,4)23-19)21-17(24)16-12-26-18(22-16)13-6-8-15(25-5)9-7-13/h6-9,12,14,23H,10-11H2,1-5H3,(H,21,24). The second-order valence-corrected chi connectivity index (χ2v) is 9.10. The highest BCUT2D eigenvalue weighted by Crippen LogP contribution is 2.29. The van der Waals surface area contributed by atoms with Crippen molar-refractivity contribution >= 4 is 17.2 Å². The van der Waals surface area contributed by atoms with Gasteiger partial charge in [-0.1, -0.05) is 0 Å². The molecule has 1 aliphatic heterocycles. The number of carbonyl (C=O) groups is 1.